The van der Waals surface area contributed by atoms with Crippen LogP contribution in [0.4, 0.5) is 0 Å². The third-order valence-corrected chi connectivity index (χ3v) is 5.27. The summed E-state index contributed by atoms with van der Waals surface area (Å²) in [6.45, 7) is 4.23. The van der Waals surface area contributed by atoms with Crippen LogP contribution in [0.25, 0.3) is 0 Å². The predicted molar refractivity (Wildman–Crippen MR) is 86.8 cm³/mol. The average molecular weight is 274 g/mol. The fourth-order valence-corrected chi connectivity index (χ4v) is 3.68. The molecule has 2 unspecified atom stereocenters. The van der Waals surface area contributed by atoms with Crippen LogP contribution in [-0.2, 0) is 6.42 Å². The molecule has 2 nitrogen and oxygen atoms in total. The predicted octanol–water partition coefficient (Wildman–Crippen LogP) is 3.46. The maximum Gasteiger partial charge on any atom is 0.0331 e. The second-order valence-corrected chi connectivity index (χ2v) is 6.46. The van der Waals surface area contributed by atoms with Crippen LogP contribution in [0.5, 0.6) is 0 Å². The van der Waals surface area contributed by atoms with E-state index in [2.05, 4.69) is 49.2 Å². The van der Waals surface area contributed by atoms with Crippen molar-refractivity contribution in [1.82, 2.24) is 4.90 Å². The van der Waals surface area contributed by atoms with Crippen LogP contribution in [0.15, 0.2) is 30.3 Å². The van der Waals surface area contributed by atoms with Gasteiger partial charge < -0.3 is 5.73 Å². The Balaban J connectivity index is 1.96. The second-order valence-electron chi connectivity index (χ2n) is 6.46. The van der Waals surface area contributed by atoms with Crippen LogP contribution in [0.2, 0.25) is 0 Å². The molecule has 1 aromatic rings. The molecule has 0 bridgehead atoms. The van der Waals surface area contributed by atoms with E-state index in [4.69, 9.17) is 5.73 Å². The lowest BCUT2D eigenvalue weighted by atomic mass is 9.73. The molecule has 112 valence electrons. The Hall–Kier alpha value is -0.860. The fourth-order valence-electron chi connectivity index (χ4n) is 3.68. The van der Waals surface area contributed by atoms with E-state index < -0.39 is 0 Å². The summed E-state index contributed by atoms with van der Waals surface area (Å²) >= 11 is 0. The lowest BCUT2D eigenvalue weighted by molar-refractivity contribution is 0.0573. The van der Waals surface area contributed by atoms with Crippen molar-refractivity contribution in [2.24, 2.45) is 11.7 Å². The molecule has 1 saturated carbocycles. The number of nitrogens with zero attached hydrogens (tertiary/aromatic N) is 1. The standard InChI is InChI=1S/C18H30N2/c1-3-16-10-7-12-18(14-16,15-19)20(2)13-11-17-8-5-4-6-9-17/h4-6,8-9,16H,3,7,10-15,19H2,1-2H3. The Morgan fingerprint density at radius 2 is 2.05 bits per heavy atom. The number of hydrogen-bond donors (Lipinski definition) is 1. The maximum absolute atomic E-state index is 6.18. The first-order valence-electron chi connectivity index (χ1n) is 8.15. The average Bonchev–Trinajstić information content (AvgIpc) is 2.53. The van der Waals surface area contributed by atoms with Gasteiger partial charge in [0.05, 0.1) is 0 Å². The van der Waals surface area contributed by atoms with Crippen LogP contribution in [0.1, 0.15) is 44.6 Å². The van der Waals surface area contributed by atoms with E-state index in [1.165, 1.54) is 37.7 Å². The Morgan fingerprint density at radius 1 is 1.30 bits per heavy atom. The van der Waals surface area contributed by atoms with Gasteiger partial charge in [-0.1, -0.05) is 56.5 Å². The monoisotopic (exact) mass is 274 g/mol. The first-order valence-corrected chi connectivity index (χ1v) is 8.15. The molecule has 1 fully saturated rings. The summed E-state index contributed by atoms with van der Waals surface area (Å²) in [7, 11) is 2.27. The zero-order valence-corrected chi connectivity index (χ0v) is 13.1. The largest absolute Gasteiger partial charge is 0.329 e. The van der Waals surface area contributed by atoms with Crippen molar-refractivity contribution in [2.75, 3.05) is 20.1 Å². The van der Waals surface area contributed by atoms with Crippen molar-refractivity contribution >= 4 is 0 Å². The number of hydrogen-bond acceptors (Lipinski definition) is 2. The van der Waals surface area contributed by atoms with Gasteiger partial charge in [0.25, 0.3) is 0 Å². The van der Waals surface area contributed by atoms with E-state index in [1.54, 1.807) is 0 Å². The van der Waals surface area contributed by atoms with Crippen molar-refractivity contribution in [1.29, 1.82) is 0 Å². The van der Waals surface area contributed by atoms with Gasteiger partial charge >= 0.3 is 0 Å². The summed E-state index contributed by atoms with van der Waals surface area (Å²) in [5, 5.41) is 0. The van der Waals surface area contributed by atoms with Gasteiger partial charge in [-0.3, -0.25) is 4.90 Å². The minimum Gasteiger partial charge on any atom is -0.329 e. The molecule has 0 heterocycles. The maximum atomic E-state index is 6.18. The van der Waals surface area contributed by atoms with E-state index in [1.807, 2.05) is 0 Å². The molecule has 0 amide bonds. The number of nitrogens with two attached hydrogens (primary N) is 1. The van der Waals surface area contributed by atoms with Gasteiger partial charge in [-0.15, -0.1) is 0 Å². The van der Waals surface area contributed by atoms with E-state index in [-0.39, 0.29) is 5.54 Å². The normalized spacial score (nSPS) is 26.9. The number of likely N-dealkylation sites (N-methyl/N-ethyl adjacent to an activating group) is 1. The topological polar surface area (TPSA) is 29.3 Å². The molecule has 0 radical (unpaired) electrons. The Morgan fingerprint density at radius 3 is 2.70 bits per heavy atom. The van der Waals surface area contributed by atoms with Gasteiger partial charge in [-0.05, 0) is 37.8 Å². The number of benzene rings is 1. The third kappa shape index (κ3) is 3.62. The zero-order chi connectivity index (χ0) is 14.4. The lowest BCUT2D eigenvalue weighted by Crippen LogP contribution is -2.55. The Kier molecular flexibility index (Phi) is 5.62. The quantitative estimate of drug-likeness (QED) is 0.861. The first kappa shape index (κ1) is 15.5. The van der Waals surface area contributed by atoms with Crippen molar-refractivity contribution < 1.29 is 0 Å². The Labute approximate surface area is 124 Å². The van der Waals surface area contributed by atoms with Crippen LogP contribution in [-0.4, -0.2) is 30.6 Å². The Bertz CT molecular complexity index is 390. The summed E-state index contributed by atoms with van der Waals surface area (Å²) in [6.07, 6.45) is 7.71. The summed E-state index contributed by atoms with van der Waals surface area (Å²) in [6, 6.07) is 10.8. The van der Waals surface area contributed by atoms with Crippen LogP contribution in [0, 0.1) is 5.92 Å². The van der Waals surface area contributed by atoms with Crippen molar-refractivity contribution in [3.05, 3.63) is 35.9 Å². The summed E-state index contributed by atoms with van der Waals surface area (Å²) < 4.78 is 0. The minimum atomic E-state index is 0.244. The SMILES string of the molecule is CCC1CCCC(CN)(N(C)CCc2ccccc2)C1. The summed E-state index contributed by atoms with van der Waals surface area (Å²) in [5.74, 6) is 0.867. The molecule has 1 aliphatic rings. The van der Waals surface area contributed by atoms with Gasteiger partial charge in [0.15, 0.2) is 0 Å². The molecule has 0 aromatic heterocycles. The molecule has 2 heteroatoms. The zero-order valence-electron chi connectivity index (χ0n) is 13.1. The third-order valence-electron chi connectivity index (χ3n) is 5.27. The van der Waals surface area contributed by atoms with Gasteiger partial charge in [0.2, 0.25) is 0 Å². The van der Waals surface area contributed by atoms with Crippen LogP contribution >= 0.6 is 0 Å². The van der Waals surface area contributed by atoms with Gasteiger partial charge in [0, 0.05) is 18.6 Å². The van der Waals surface area contributed by atoms with Crippen LogP contribution in [0.3, 0.4) is 0 Å². The molecule has 2 N–H and O–H groups in total. The first-order chi connectivity index (χ1) is 9.70. The van der Waals surface area contributed by atoms with Crippen molar-refractivity contribution in [3.63, 3.8) is 0 Å². The molecule has 0 aliphatic heterocycles. The molecular formula is C18H30N2. The number of rotatable bonds is 6. The molecule has 1 aliphatic carbocycles. The fraction of sp³-hybridized carbons (Fsp3) is 0.667. The lowest BCUT2D eigenvalue weighted by Gasteiger charge is -2.46. The molecule has 2 rings (SSSR count). The van der Waals surface area contributed by atoms with Gasteiger partial charge in [-0.2, -0.15) is 0 Å². The van der Waals surface area contributed by atoms with Crippen molar-refractivity contribution in [2.45, 2.75) is 51.0 Å². The molecule has 2 atom stereocenters. The van der Waals surface area contributed by atoms with E-state index in [0.717, 1.165) is 25.4 Å². The van der Waals surface area contributed by atoms with E-state index >= 15 is 0 Å². The molecule has 20 heavy (non-hydrogen) atoms. The summed E-state index contributed by atoms with van der Waals surface area (Å²) in [5.41, 5.74) is 7.85. The van der Waals surface area contributed by atoms with Crippen molar-refractivity contribution in [3.8, 4) is 0 Å². The van der Waals surface area contributed by atoms with Crippen LogP contribution < -0.4 is 5.73 Å². The van der Waals surface area contributed by atoms with E-state index in [0.29, 0.717) is 0 Å². The minimum absolute atomic E-state index is 0.244. The molecule has 0 saturated heterocycles. The second kappa shape index (κ2) is 7.24. The van der Waals surface area contributed by atoms with Gasteiger partial charge in [0.1, 0.15) is 0 Å². The highest BCUT2D eigenvalue weighted by Crippen LogP contribution is 2.37. The highest BCUT2D eigenvalue weighted by atomic mass is 15.2. The van der Waals surface area contributed by atoms with Gasteiger partial charge in [-0.25, -0.2) is 0 Å². The molecule has 1 aromatic carbocycles. The highest BCUT2D eigenvalue weighted by Gasteiger charge is 2.37. The smallest absolute Gasteiger partial charge is 0.0331 e. The molecular weight excluding hydrogens is 244 g/mol. The highest BCUT2D eigenvalue weighted by molar-refractivity contribution is 5.15. The summed E-state index contributed by atoms with van der Waals surface area (Å²) in [4.78, 5) is 2.54. The molecule has 0 spiro atoms. The van der Waals surface area contributed by atoms with E-state index in [9.17, 15) is 0 Å².